The normalized spacial score (nSPS) is 21.7. The first-order chi connectivity index (χ1) is 7.84. The highest BCUT2D eigenvalue weighted by Gasteiger charge is 2.25. The molecule has 1 N–H and O–H groups in total. The maximum atomic E-state index is 4.51. The lowest BCUT2D eigenvalue weighted by molar-refractivity contribution is 0.307. The van der Waals surface area contributed by atoms with E-state index in [0.29, 0.717) is 6.04 Å². The predicted molar refractivity (Wildman–Crippen MR) is 66.5 cm³/mol. The van der Waals surface area contributed by atoms with Crippen molar-refractivity contribution in [3.63, 3.8) is 0 Å². The highest BCUT2D eigenvalue weighted by atomic mass is 32.1. The van der Waals surface area contributed by atoms with Gasteiger partial charge in [-0.25, -0.2) is 4.98 Å². The standard InChI is InChI=1S/C12H15N3S/c1-15-6-2-4-10(15)12-13-8-9(14-12)11-5-3-7-16-11/h3,5,7-8,10H,2,4,6H2,1H3,(H,13,14)/t10-/m0/s1. The van der Waals surface area contributed by atoms with Crippen LogP contribution >= 0.6 is 11.3 Å². The fraction of sp³-hybridized carbons (Fsp3) is 0.417. The van der Waals surface area contributed by atoms with Gasteiger partial charge in [0.1, 0.15) is 5.82 Å². The molecule has 16 heavy (non-hydrogen) atoms. The number of likely N-dealkylation sites (tertiary alicyclic amines) is 1. The first-order valence-corrected chi connectivity index (χ1v) is 6.51. The molecule has 0 spiro atoms. The van der Waals surface area contributed by atoms with Gasteiger partial charge in [0.2, 0.25) is 0 Å². The molecular weight excluding hydrogens is 218 g/mol. The van der Waals surface area contributed by atoms with Gasteiger partial charge < -0.3 is 4.98 Å². The molecule has 0 saturated carbocycles. The molecule has 4 heteroatoms. The van der Waals surface area contributed by atoms with Crippen LogP contribution in [0.5, 0.6) is 0 Å². The second kappa shape index (κ2) is 4.03. The number of rotatable bonds is 2. The quantitative estimate of drug-likeness (QED) is 0.865. The zero-order valence-electron chi connectivity index (χ0n) is 9.31. The molecule has 0 aromatic carbocycles. The van der Waals surface area contributed by atoms with Gasteiger partial charge in [-0.2, -0.15) is 0 Å². The minimum Gasteiger partial charge on any atom is -0.340 e. The van der Waals surface area contributed by atoms with Crippen LogP contribution < -0.4 is 0 Å². The summed E-state index contributed by atoms with van der Waals surface area (Å²) in [6, 6.07) is 4.68. The second-order valence-electron chi connectivity index (χ2n) is 4.30. The number of aromatic amines is 1. The molecule has 1 saturated heterocycles. The SMILES string of the molecule is CN1CCC[C@H]1c1ncc(-c2cccs2)[nH]1. The third kappa shape index (κ3) is 1.68. The highest BCUT2D eigenvalue weighted by molar-refractivity contribution is 7.13. The Morgan fingerprint density at radius 2 is 2.50 bits per heavy atom. The van der Waals surface area contributed by atoms with Crippen molar-refractivity contribution in [1.29, 1.82) is 0 Å². The Morgan fingerprint density at radius 1 is 1.56 bits per heavy atom. The average molecular weight is 233 g/mol. The van der Waals surface area contributed by atoms with Crippen LogP contribution in [0.1, 0.15) is 24.7 Å². The van der Waals surface area contributed by atoms with Gasteiger partial charge in [-0.3, -0.25) is 4.90 Å². The van der Waals surface area contributed by atoms with Crippen LogP contribution in [-0.2, 0) is 0 Å². The van der Waals surface area contributed by atoms with Crippen molar-refractivity contribution in [2.75, 3.05) is 13.6 Å². The molecule has 1 aliphatic heterocycles. The van der Waals surface area contributed by atoms with E-state index < -0.39 is 0 Å². The summed E-state index contributed by atoms with van der Waals surface area (Å²) in [4.78, 5) is 11.6. The Morgan fingerprint density at radius 3 is 3.19 bits per heavy atom. The van der Waals surface area contributed by atoms with Gasteiger partial charge in [0.05, 0.1) is 22.8 Å². The monoisotopic (exact) mass is 233 g/mol. The molecule has 1 atom stereocenters. The zero-order chi connectivity index (χ0) is 11.0. The molecule has 0 radical (unpaired) electrons. The number of aromatic nitrogens is 2. The Labute approximate surface area is 99.1 Å². The second-order valence-corrected chi connectivity index (χ2v) is 5.25. The molecule has 0 bridgehead atoms. The minimum absolute atomic E-state index is 0.480. The number of nitrogens with one attached hydrogen (secondary N) is 1. The number of nitrogens with zero attached hydrogens (tertiary/aromatic N) is 2. The van der Waals surface area contributed by atoms with E-state index in [1.807, 2.05) is 6.20 Å². The number of thiophene rings is 1. The Kier molecular flexibility index (Phi) is 2.53. The van der Waals surface area contributed by atoms with Crippen LogP contribution in [0.2, 0.25) is 0 Å². The third-order valence-electron chi connectivity index (χ3n) is 3.22. The van der Waals surface area contributed by atoms with Crippen molar-refractivity contribution in [1.82, 2.24) is 14.9 Å². The van der Waals surface area contributed by atoms with E-state index in [4.69, 9.17) is 0 Å². The molecule has 0 unspecified atom stereocenters. The fourth-order valence-electron chi connectivity index (χ4n) is 2.32. The Balaban J connectivity index is 1.88. The van der Waals surface area contributed by atoms with Crippen molar-refractivity contribution < 1.29 is 0 Å². The third-order valence-corrected chi connectivity index (χ3v) is 4.12. The molecule has 1 aliphatic rings. The number of imidazole rings is 1. The molecule has 0 amide bonds. The zero-order valence-corrected chi connectivity index (χ0v) is 10.1. The van der Waals surface area contributed by atoms with E-state index in [2.05, 4.69) is 39.4 Å². The molecule has 3 heterocycles. The van der Waals surface area contributed by atoms with Gasteiger partial charge in [-0.05, 0) is 37.9 Å². The van der Waals surface area contributed by atoms with E-state index in [1.54, 1.807) is 11.3 Å². The van der Waals surface area contributed by atoms with Crippen molar-refractivity contribution in [3.8, 4) is 10.6 Å². The summed E-state index contributed by atoms with van der Waals surface area (Å²) in [7, 11) is 2.17. The van der Waals surface area contributed by atoms with Gasteiger partial charge in [0, 0.05) is 0 Å². The molecular formula is C12H15N3S. The van der Waals surface area contributed by atoms with E-state index in [-0.39, 0.29) is 0 Å². The molecule has 3 nitrogen and oxygen atoms in total. The maximum absolute atomic E-state index is 4.51. The van der Waals surface area contributed by atoms with E-state index >= 15 is 0 Å². The summed E-state index contributed by atoms with van der Waals surface area (Å²) in [5.41, 5.74) is 1.14. The van der Waals surface area contributed by atoms with Crippen LogP contribution in [0.15, 0.2) is 23.7 Å². The van der Waals surface area contributed by atoms with Crippen LogP contribution in [0.25, 0.3) is 10.6 Å². The summed E-state index contributed by atoms with van der Waals surface area (Å²) in [6.45, 7) is 1.18. The van der Waals surface area contributed by atoms with Gasteiger partial charge in [-0.1, -0.05) is 6.07 Å². The van der Waals surface area contributed by atoms with E-state index in [1.165, 1.54) is 24.3 Å². The predicted octanol–water partition coefficient (Wildman–Crippen LogP) is 2.90. The van der Waals surface area contributed by atoms with Crippen molar-refractivity contribution in [3.05, 3.63) is 29.5 Å². The first kappa shape index (κ1) is 10.1. The fourth-order valence-corrected chi connectivity index (χ4v) is 3.01. The number of hydrogen-bond acceptors (Lipinski definition) is 3. The molecule has 2 aromatic heterocycles. The molecule has 3 rings (SSSR count). The van der Waals surface area contributed by atoms with Crippen molar-refractivity contribution in [2.24, 2.45) is 0 Å². The lowest BCUT2D eigenvalue weighted by atomic mass is 10.2. The summed E-state index contributed by atoms with van der Waals surface area (Å²) < 4.78 is 0. The van der Waals surface area contributed by atoms with E-state index in [9.17, 15) is 0 Å². The van der Waals surface area contributed by atoms with Crippen LogP contribution in [0, 0.1) is 0 Å². The van der Waals surface area contributed by atoms with Gasteiger partial charge in [0.15, 0.2) is 0 Å². The lowest BCUT2D eigenvalue weighted by Crippen LogP contribution is -2.18. The molecule has 84 valence electrons. The summed E-state index contributed by atoms with van der Waals surface area (Å²) >= 11 is 1.75. The molecule has 2 aromatic rings. The number of hydrogen-bond donors (Lipinski definition) is 1. The first-order valence-electron chi connectivity index (χ1n) is 5.63. The Bertz CT molecular complexity index is 460. The maximum Gasteiger partial charge on any atom is 0.123 e. The Hall–Kier alpha value is -1.13. The van der Waals surface area contributed by atoms with Gasteiger partial charge >= 0.3 is 0 Å². The van der Waals surface area contributed by atoms with Gasteiger partial charge in [-0.15, -0.1) is 11.3 Å². The highest BCUT2D eigenvalue weighted by Crippen LogP contribution is 2.30. The van der Waals surface area contributed by atoms with Crippen LogP contribution in [-0.4, -0.2) is 28.5 Å². The van der Waals surface area contributed by atoms with Crippen LogP contribution in [0.3, 0.4) is 0 Å². The summed E-state index contributed by atoms with van der Waals surface area (Å²) in [5, 5.41) is 2.09. The van der Waals surface area contributed by atoms with Crippen LogP contribution in [0.4, 0.5) is 0 Å². The molecule has 1 fully saturated rings. The summed E-state index contributed by atoms with van der Waals surface area (Å²) in [6.07, 6.45) is 4.44. The minimum atomic E-state index is 0.480. The summed E-state index contributed by atoms with van der Waals surface area (Å²) in [5.74, 6) is 1.11. The van der Waals surface area contributed by atoms with E-state index in [0.717, 1.165) is 11.5 Å². The molecule has 0 aliphatic carbocycles. The smallest absolute Gasteiger partial charge is 0.123 e. The largest absolute Gasteiger partial charge is 0.340 e. The van der Waals surface area contributed by atoms with Crippen molar-refractivity contribution in [2.45, 2.75) is 18.9 Å². The van der Waals surface area contributed by atoms with Gasteiger partial charge in [0.25, 0.3) is 0 Å². The lowest BCUT2D eigenvalue weighted by Gasteiger charge is -2.16. The number of H-pyrrole nitrogens is 1. The topological polar surface area (TPSA) is 31.9 Å². The van der Waals surface area contributed by atoms with Crippen molar-refractivity contribution >= 4 is 11.3 Å². The average Bonchev–Trinajstić information content (AvgIpc) is 2.96.